The summed E-state index contributed by atoms with van der Waals surface area (Å²) in [7, 11) is 0. The fourth-order valence-corrected chi connectivity index (χ4v) is 3.77. The van der Waals surface area contributed by atoms with Crippen LogP contribution in [0.3, 0.4) is 0 Å². The van der Waals surface area contributed by atoms with Crippen molar-refractivity contribution in [2.75, 3.05) is 54.9 Å². The number of nitrogens with one attached hydrogen (secondary N) is 4. The lowest BCUT2D eigenvalue weighted by atomic mass is 10.1. The third kappa shape index (κ3) is 4.80. The van der Waals surface area contributed by atoms with E-state index in [1.165, 1.54) is 6.20 Å². The topological polar surface area (TPSA) is 107 Å². The third-order valence-electron chi connectivity index (χ3n) is 5.18. The number of aromatic amines is 1. The maximum Gasteiger partial charge on any atom is 0.271 e. The molecule has 0 aromatic carbocycles. The Balaban J connectivity index is 1.68. The molecule has 0 unspecified atom stereocenters. The van der Waals surface area contributed by atoms with Gasteiger partial charge in [-0.15, -0.1) is 0 Å². The predicted molar refractivity (Wildman–Crippen MR) is 115 cm³/mol. The molecule has 2 aliphatic rings. The van der Waals surface area contributed by atoms with E-state index in [4.69, 9.17) is 21.3 Å². The Morgan fingerprint density at radius 2 is 2.14 bits per heavy atom. The normalized spacial score (nSPS) is 19.8. The van der Waals surface area contributed by atoms with Crippen molar-refractivity contribution in [1.82, 2.24) is 20.3 Å². The molecule has 0 saturated carbocycles. The van der Waals surface area contributed by atoms with Crippen LogP contribution in [0.2, 0.25) is 5.02 Å². The summed E-state index contributed by atoms with van der Waals surface area (Å²) in [5, 5.41) is 10.4. The molecule has 0 spiro atoms. The average Bonchev–Trinajstić information content (AvgIpc) is 2.74. The molecule has 0 amide bonds. The van der Waals surface area contributed by atoms with E-state index in [2.05, 4.69) is 30.8 Å². The van der Waals surface area contributed by atoms with Crippen LogP contribution in [0, 0.1) is 6.92 Å². The minimum absolute atomic E-state index is 0.258. The van der Waals surface area contributed by atoms with E-state index in [-0.39, 0.29) is 11.6 Å². The maximum absolute atomic E-state index is 12.2. The van der Waals surface area contributed by atoms with Crippen LogP contribution in [0.1, 0.15) is 18.4 Å². The van der Waals surface area contributed by atoms with Crippen molar-refractivity contribution in [3.05, 3.63) is 33.2 Å². The Morgan fingerprint density at radius 1 is 1.31 bits per heavy atom. The van der Waals surface area contributed by atoms with Gasteiger partial charge in [-0.3, -0.25) is 4.79 Å². The van der Waals surface area contributed by atoms with Gasteiger partial charge >= 0.3 is 0 Å². The lowest BCUT2D eigenvalue weighted by molar-refractivity contribution is 0.122. The summed E-state index contributed by atoms with van der Waals surface area (Å²) >= 11 is 6.05. The number of anilines is 4. The van der Waals surface area contributed by atoms with Crippen LogP contribution >= 0.6 is 11.6 Å². The molecule has 9 nitrogen and oxygen atoms in total. The van der Waals surface area contributed by atoms with Crippen LogP contribution in [0.25, 0.3) is 0 Å². The second-order valence-corrected chi connectivity index (χ2v) is 7.75. The van der Waals surface area contributed by atoms with Gasteiger partial charge in [-0.25, -0.2) is 0 Å². The van der Waals surface area contributed by atoms with Crippen molar-refractivity contribution in [3.63, 3.8) is 0 Å². The van der Waals surface area contributed by atoms with Crippen LogP contribution in [0.4, 0.5) is 23.3 Å². The average molecular weight is 420 g/mol. The first-order valence-electron chi connectivity index (χ1n) is 9.94. The van der Waals surface area contributed by atoms with E-state index in [1.807, 2.05) is 6.92 Å². The molecule has 0 radical (unpaired) electrons. The van der Waals surface area contributed by atoms with Gasteiger partial charge in [-0.05, 0) is 32.4 Å². The van der Waals surface area contributed by atoms with E-state index < -0.39 is 0 Å². The highest BCUT2D eigenvalue weighted by atomic mass is 35.5. The molecular formula is C19H26ClN7O2. The molecule has 0 aliphatic carbocycles. The van der Waals surface area contributed by atoms with E-state index in [1.54, 1.807) is 6.07 Å². The van der Waals surface area contributed by atoms with Crippen molar-refractivity contribution in [1.29, 1.82) is 0 Å². The summed E-state index contributed by atoms with van der Waals surface area (Å²) in [4.78, 5) is 26.5. The Morgan fingerprint density at radius 3 is 2.90 bits per heavy atom. The Hall–Kier alpha value is -2.36. The Labute approximate surface area is 174 Å². The van der Waals surface area contributed by atoms with Gasteiger partial charge in [-0.1, -0.05) is 11.6 Å². The highest BCUT2D eigenvalue weighted by molar-refractivity contribution is 6.30. The van der Waals surface area contributed by atoms with Gasteiger partial charge in [0.15, 0.2) is 0 Å². The van der Waals surface area contributed by atoms with Crippen molar-refractivity contribution >= 4 is 34.9 Å². The van der Waals surface area contributed by atoms with Gasteiger partial charge < -0.3 is 30.6 Å². The Bertz CT molecular complexity index is 908. The fraction of sp³-hybridized carbons (Fsp3) is 0.526. The molecule has 10 heteroatoms. The van der Waals surface area contributed by atoms with Crippen LogP contribution in [0.5, 0.6) is 0 Å². The molecule has 4 N–H and O–H groups in total. The second-order valence-electron chi connectivity index (χ2n) is 7.32. The minimum atomic E-state index is -0.258. The van der Waals surface area contributed by atoms with Gasteiger partial charge in [0.25, 0.3) is 5.56 Å². The zero-order chi connectivity index (χ0) is 20.2. The molecule has 2 saturated heterocycles. The smallest absolute Gasteiger partial charge is 0.271 e. The molecule has 1 atom stereocenters. The van der Waals surface area contributed by atoms with Crippen molar-refractivity contribution in [3.8, 4) is 0 Å². The summed E-state index contributed by atoms with van der Waals surface area (Å²) in [6.07, 6.45) is 3.64. The number of morpholine rings is 1. The van der Waals surface area contributed by atoms with Gasteiger partial charge in [0, 0.05) is 37.4 Å². The number of nitrogens with zero attached hydrogens (tertiary/aromatic N) is 3. The van der Waals surface area contributed by atoms with Crippen LogP contribution in [-0.4, -0.2) is 60.4 Å². The number of hydrogen-bond acceptors (Lipinski definition) is 8. The van der Waals surface area contributed by atoms with Crippen molar-refractivity contribution < 1.29 is 4.74 Å². The molecule has 2 aliphatic heterocycles. The zero-order valence-corrected chi connectivity index (χ0v) is 17.2. The lowest BCUT2D eigenvalue weighted by Gasteiger charge is -2.30. The van der Waals surface area contributed by atoms with E-state index in [0.29, 0.717) is 35.7 Å². The quantitative estimate of drug-likeness (QED) is 0.582. The Kier molecular flexibility index (Phi) is 6.17. The predicted octanol–water partition coefficient (Wildman–Crippen LogP) is 1.87. The molecule has 4 heterocycles. The van der Waals surface area contributed by atoms with Gasteiger partial charge in [0.1, 0.15) is 17.3 Å². The maximum atomic E-state index is 12.2. The number of hydrogen-bond donors (Lipinski definition) is 4. The summed E-state index contributed by atoms with van der Waals surface area (Å²) in [5.74, 6) is 1.97. The number of H-pyrrole nitrogens is 1. The summed E-state index contributed by atoms with van der Waals surface area (Å²) in [6, 6.07) is 1.86. The van der Waals surface area contributed by atoms with Gasteiger partial charge in [0.2, 0.25) is 5.95 Å². The van der Waals surface area contributed by atoms with Crippen LogP contribution in [-0.2, 0) is 4.74 Å². The summed E-state index contributed by atoms with van der Waals surface area (Å²) in [6.45, 7) is 6.72. The van der Waals surface area contributed by atoms with Crippen LogP contribution in [0.15, 0.2) is 17.1 Å². The van der Waals surface area contributed by atoms with Crippen molar-refractivity contribution in [2.24, 2.45) is 0 Å². The number of rotatable bonds is 5. The molecule has 2 aromatic heterocycles. The molecule has 156 valence electrons. The summed E-state index contributed by atoms with van der Waals surface area (Å²) in [5.41, 5.74) is 0.961. The molecule has 0 bridgehead atoms. The number of ether oxygens (including phenoxy) is 1. The van der Waals surface area contributed by atoms with E-state index in [0.717, 1.165) is 50.4 Å². The standard InChI is InChI=1S/C19H26ClN7O2/c1-12-16(24-15-9-13(20)10-22-18(15)28)25-19(23-14-3-2-4-21-11-14)26-17(12)27-5-7-29-8-6-27/h9-10,14,21H,2-8,11H2,1H3,(H,22,28)(H2,23,24,25,26)/t14-/m1/s1. The number of halogens is 1. The molecule has 2 aromatic rings. The lowest BCUT2D eigenvalue weighted by Crippen LogP contribution is -2.40. The largest absolute Gasteiger partial charge is 0.378 e. The van der Waals surface area contributed by atoms with Crippen LogP contribution < -0.4 is 26.4 Å². The SMILES string of the molecule is Cc1c(Nc2cc(Cl)c[nH]c2=O)nc(N[C@@H]2CCCNC2)nc1N1CCOCC1. The van der Waals surface area contributed by atoms with Gasteiger partial charge in [-0.2, -0.15) is 9.97 Å². The fourth-order valence-electron chi connectivity index (χ4n) is 3.61. The molecule has 29 heavy (non-hydrogen) atoms. The summed E-state index contributed by atoms with van der Waals surface area (Å²) < 4.78 is 5.48. The number of pyridine rings is 1. The number of aromatic nitrogens is 3. The monoisotopic (exact) mass is 419 g/mol. The highest BCUT2D eigenvalue weighted by Gasteiger charge is 2.21. The molecule has 2 fully saturated rings. The third-order valence-corrected chi connectivity index (χ3v) is 5.40. The zero-order valence-electron chi connectivity index (χ0n) is 16.4. The first kappa shape index (κ1) is 19.9. The first-order chi connectivity index (χ1) is 14.1. The van der Waals surface area contributed by atoms with Gasteiger partial charge in [0.05, 0.1) is 18.2 Å². The number of piperidine rings is 1. The second kappa shape index (κ2) is 8.98. The van der Waals surface area contributed by atoms with E-state index in [9.17, 15) is 4.79 Å². The first-order valence-corrected chi connectivity index (χ1v) is 10.3. The van der Waals surface area contributed by atoms with Crippen molar-refractivity contribution in [2.45, 2.75) is 25.8 Å². The molecule has 4 rings (SSSR count). The van der Waals surface area contributed by atoms with E-state index >= 15 is 0 Å². The molecular weight excluding hydrogens is 394 g/mol. The highest BCUT2D eigenvalue weighted by Crippen LogP contribution is 2.28. The minimum Gasteiger partial charge on any atom is -0.378 e.